The van der Waals surface area contributed by atoms with Gasteiger partial charge in [0.15, 0.2) is 0 Å². The smallest absolute Gasteiger partial charge is 0.214 e. The maximum atomic E-state index is 15.4. The molecule has 2 aromatic heterocycles. The highest BCUT2D eigenvalue weighted by molar-refractivity contribution is 5.77. The van der Waals surface area contributed by atoms with Crippen LogP contribution in [-0.2, 0) is 30.7 Å². The summed E-state index contributed by atoms with van der Waals surface area (Å²) < 4.78 is 42.6. The molecule has 0 aliphatic carbocycles. The van der Waals surface area contributed by atoms with E-state index < -0.39 is 5.82 Å². The molecule has 2 heterocycles. The molecular weight excluding hydrogens is 526 g/mol. The number of ether oxygens (including phenoxy) is 2. The van der Waals surface area contributed by atoms with Crippen molar-refractivity contribution < 1.29 is 23.4 Å². The molecule has 0 amide bonds. The number of nitriles is 1. The van der Waals surface area contributed by atoms with Gasteiger partial charge in [-0.15, -0.1) is 0 Å². The lowest BCUT2D eigenvalue weighted by Crippen LogP contribution is -2.09. The Bertz CT molecular complexity index is 1730. The highest BCUT2D eigenvalue weighted by Gasteiger charge is 2.15. The van der Waals surface area contributed by atoms with Crippen molar-refractivity contribution in [2.24, 2.45) is 0 Å². The van der Waals surface area contributed by atoms with Gasteiger partial charge in [-0.3, -0.25) is 0 Å². The number of benzene rings is 3. The second-order valence-corrected chi connectivity index (χ2v) is 9.52. The molecule has 0 aliphatic heterocycles. The van der Waals surface area contributed by atoms with Crippen LogP contribution in [0.15, 0.2) is 72.8 Å². The molecule has 0 saturated carbocycles. The lowest BCUT2D eigenvalue weighted by atomic mass is 10.1. The van der Waals surface area contributed by atoms with E-state index in [1.54, 1.807) is 37.4 Å². The molecule has 0 fully saturated rings. The molecule has 0 radical (unpaired) electrons. The van der Waals surface area contributed by atoms with E-state index in [-0.39, 0.29) is 36.9 Å². The summed E-state index contributed by atoms with van der Waals surface area (Å²) in [6.07, 6.45) is 0.829. The predicted octanol–water partition coefficient (Wildman–Crippen LogP) is 5.60. The van der Waals surface area contributed by atoms with Crippen LogP contribution >= 0.6 is 0 Å². The summed E-state index contributed by atoms with van der Waals surface area (Å²) in [6.45, 7) is 1.04. The van der Waals surface area contributed by atoms with Crippen molar-refractivity contribution in [1.29, 1.82) is 5.26 Å². The quantitative estimate of drug-likeness (QED) is 0.229. The molecule has 208 valence electrons. The molecule has 9 heteroatoms. The van der Waals surface area contributed by atoms with E-state index in [1.165, 1.54) is 18.2 Å². The predicted molar refractivity (Wildman–Crippen MR) is 150 cm³/mol. The molecule has 0 aliphatic rings. The molecule has 7 nitrogen and oxygen atoms in total. The number of pyridine rings is 1. The Morgan fingerprint density at radius 3 is 2.54 bits per heavy atom. The highest BCUT2D eigenvalue weighted by Crippen LogP contribution is 2.26. The number of fused-ring (bicyclic) bond motifs is 1. The third-order valence-corrected chi connectivity index (χ3v) is 6.79. The van der Waals surface area contributed by atoms with Crippen LogP contribution in [0.4, 0.5) is 8.78 Å². The first-order valence-electron chi connectivity index (χ1n) is 13.1. The number of aromatic nitrogens is 3. The Labute approximate surface area is 236 Å². The molecule has 5 aromatic rings. The Hall–Kier alpha value is -4.65. The molecule has 0 unspecified atom stereocenters. The highest BCUT2D eigenvalue weighted by atomic mass is 19.1. The van der Waals surface area contributed by atoms with Crippen molar-refractivity contribution >= 4 is 11.0 Å². The van der Waals surface area contributed by atoms with Crippen molar-refractivity contribution in [3.8, 4) is 23.2 Å². The van der Waals surface area contributed by atoms with Crippen LogP contribution in [0.1, 0.15) is 28.1 Å². The molecule has 5 rings (SSSR count). The zero-order valence-corrected chi connectivity index (χ0v) is 22.5. The van der Waals surface area contributed by atoms with Crippen LogP contribution in [0, 0.1) is 23.0 Å². The van der Waals surface area contributed by atoms with Crippen LogP contribution in [0.5, 0.6) is 5.88 Å². The van der Waals surface area contributed by atoms with Gasteiger partial charge in [-0.25, -0.2) is 18.7 Å². The average Bonchev–Trinajstić information content (AvgIpc) is 3.32. The molecule has 0 atom stereocenters. The molecule has 3 aromatic carbocycles. The summed E-state index contributed by atoms with van der Waals surface area (Å²) in [6, 6.07) is 22.0. The fourth-order valence-corrected chi connectivity index (χ4v) is 4.63. The molecule has 41 heavy (non-hydrogen) atoms. The van der Waals surface area contributed by atoms with Crippen LogP contribution in [-0.4, -0.2) is 40.0 Å². The minimum absolute atomic E-state index is 0.0572. The Morgan fingerprint density at radius 2 is 1.78 bits per heavy atom. The van der Waals surface area contributed by atoms with E-state index in [0.717, 1.165) is 22.7 Å². The molecule has 0 saturated heterocycles. The first-order valence-corrected chi connectivity index (χ1v) is 13.1. The minimum Gasteiger partial charge on any atom is -0.473 e. The standard InChI is InChI=1S/C32H28F2N4O3/c1-40-14-12-38-30-16-21(11-13-39)6-10-29(30)36-31(38)18-23-8-9-24(17-27(23)34)28-3-2-4-32(37-28)41-20-25-7-5-22(19-35)15-26(25)33/h2-10,15-17,39H,11-14,18,20H2,1H3. The van der Waals surface area contributed by atoms with Crippen molar-refractivity contribution in [3.05, 3.63) is 113 Å². The largest absolute Gasteiger partial charge is 0.473 e. The number of hydrogen-bond donors (Lipinski definition) is 1. The number of hydrogen-bond acceptors (Lipinski definition) is 6. The van der Waals surface area contributed by atoms with Gasteiger partial charge in [0.25, 0.3) is 0 Å². The van der Waals surface area contributed by atoms with Gasteiger partial charge in [-0.2, -0.15) is 5.26 Å². The lowest BCUT2D eigenvalue weighted by molar-refractivity contribution is 0.187. The zero-order valence-electron chi connectivity index (χ0n) is 22.5. The number of halogens is 2. The van der Waals surface area contributed by atoms with Gasteiger partial charge in [0.05, 0.1) is 35.0 Å². The van der Waals surface area contributed by atoms with E-state index in [9.17, 15) is 9.50 Å². The summed E-state index contributed by atoms with van der Waals surface area (Å²) in [7, 11) is 1.63. The zero-order chi connectivity index (χ0) is 28.8. The fraction of sp³-hybridized carbons (Fsp3) is 0.219. The van der Waals surface area contributed by atoms with E-state index in [4.69, 9.17) is 19.7 Å². The van der Waals surface area contributed by atoms with E-state index in [0.29, 0.717) is 47.8 Å². The molecular formula is C32H28F2N4O3. The van der Waals surface area contributed by atoms with Gasteiger partial charge in [-0.1, -0.05) is 30.3 Å². The normalized spacial score (nSPS) is 11.1. The first-order chi connectivity index (χ1) is 20.0. The number of nitrogens with zero attached hydrogens (tertiary/aromatic N) is 4. The Kier molecular flexibility index (Phi) is 8.63. The average molecular weight is 555 g/mol. The van der Waals surface area contributed by atoms with Crippen LogP contribution in [0.25, 0.3) is 22.3 Å². The van der Waals surface area contributed by atoms with Crippen LogP contribution in [0.2, 0.25) is 0 Å². The summed E-state index contributed by atoms with van der Waals surface area (Å²) in [5.41, 5.74) is 4.82. The second-order valence-electron chi connectivity index (χ2n) is 9.52. The van der Waals surface area contributed by atoms with E-state index >= 15 is 4.39 Å². The van der Waals surface area contributed by atoms with Crippen molar-refractivity contribution in [2.75, 3.05) is 20.3 Å². The third-order valence-electron chi connectivity index (χ3n) is 6.79. The van der Waals surface area contributed by atoms with Gasteiger partial charge >= 0.3 is 0 Å². The van der Waals surface area contributed by atoms with Crippen LogP contribution in [0.3, 0.4) is 0 Å². The van der Waals surface area contributed by atoms with Crippen molar-refractivity contribution in [1.82, 2.24) is 14.5 Å². The van der Waals surface area contributed by atoms with Gasteiger partial charge in [0.2, 0.25) is 5.88 Å². The number of methoxy groups -OCH3 is 1. The second kappa shape index (κ2) is 12.7. The monoisotopic (exact) mass is 554 g/mol. The van der Waals surface area contributed by atoms with Gasteiger partial charge in [-0.05, 0) is 53.9 Å². The molecule has 1 N–H and O–H groups in total. The fourth-order valence-electron chi connectivity index (χ4n) is 4.63. The summed E-state index contributed by atoms with van der Waals surface area (Å²) in [4.78, 5) is 9.23. The van der Waals surface area contributed by atoms with Crippen molar-refractivity contribution in [2.45, 2.75) is 26.0 Å². The summed E-state index contributed by atoms with van der Waals surface area (Å²) >= 11 is 0. The Morgan fingerprint density at radius 1 is 0.951 bits per heavy atom. The van der Waals surface area contributed by atoms with Crippen molar-refractivity contribution in [3.63, 3.8) is 0 Å². The maximum Gasteiger partial charge on any atom is 0.214 e. The van der Waals surface area contributed by atoms with Crippen LogP contribution < -0.4 is 4.74 Å². The summed E-state index contributed by atoms with van der Waals surface area (Å²) in [5, 5.41) is 18.2. The SMILES string of the molecule is COCCn1c(Cc2ccc(-c3cccc(OCc4ccc(C#N)cc4F)n3)cc2F)nc2ccc(CCO)cc21. The van der Waals surface area contributed by atoms with Gasteiger partial charge < -0.3 is 19.1 Å². The first kappa shape index (κ1) is 27.9. The van der Waals surface area contributed by atoms with E-state index in [2.05, 4.69) is 4.98 Å². The van der Waals surface area contributed by atoms with Gasteiger partial charge in [0.1, 0.15) is 24.1 Å². The lowest BCUT2D eigenvalue weighted by Gasteiger charge is -2.11. The minimum atomic E-state index is -0.529. The van der Waals surface area contributed by atoms with E-state index in [1.807, 2.05) is 28.8 Å². The molecule has 0 spiro atoms. The summed E-state index contributed by atoms with van der Waals surface area (Å²) in [5.74, 6) is 0.0670. The third kappa shape index (κ3) is 6.40. The number of aliphatic hydroxyl groups is 1. The topological polar surface area (TPSA) is 93.2 Å². The maximum absolute atomic E-state index is 15.4. The Balaban J connectivity index is 1.35. The molecule has 0 bridgehead atoms. The number of aliphatic hydroxyl groups excluding tert-OH is 1. The number of imidazole rings is 1. The van der Waals surface area contributed by atoms with Gasteiger partial charge in [0, 0.05) is 43.9 Å². The number of rotatable bonds is 11.